The Morgan fingerprint density at radius 2 is 1.82 bits per heavy atom. The minimum Gasteiger partial charge on any atom is -0.493 e. The summed E-state index contributed by atoms with van der Waals surface area (Å²) in [6.45, 7) is -0.0640. The fourth-order valence-electron chi connectivity index (χ4n) is 3.17. The quantitative estimate of drug-likeness (QED) is 0.220. The van der Waals surface area contributed by atoms with E-state index in [9.17, 15) is 13.2 Å². The predicted molar refractivity (Wildman–Crippen MR) is 128 cm³/mol. The number of para-hydroxylation sites is 1. The number of alkyl halides is 3. The zero-order chi connectivity index (χ0) is 24.0. The van der Waals surface area contributed by atoms with Gasteiger partial charge in [-0.3, -0.25) is 5.43 Å². The second kappa shape index (κ2) is 10.4. The molecule has 9 heteroatoms. The van der Waals surface area contributed by atoms with Crippen molar-refractivity contribution in [1.82, 2.24) is 4.98 Å². The highest BCUT2D eigenvalue weighted by atomic mass is 32.1. The highest BCUT2D eigenvalue weighted by molar-refractivity contribution is 7.14. The van der Waals surface area contributed by atoms with Crippen LogP contribution in [0, 0.1) is 0 Å². The van der Waals surface area contributed by atoms with Gasteiger partial charge < -0.3 is 9.47 Å². The van der Waals surface area contributed by atoms with Crippen LogP contribution in [0.2, 0.25) is 0 Å². The van der Waals surface area contributed by atoms with Crippen LogP contribution in [0.4, 0.5) is 18.3 Å². The number of methoxy groups -OCH3 is 1. The van der Waals surface area contributed by atoms with Gasteiger partial charge in [0.2, 0.25) is 5.13 Å². The van der Waals surface area contributed by atoms with Gasteiger partial charge in [-0.2, -0.15) is 18.3 Å². The maximum Gasteiger partial charge on any atom is 0.416 e. The molecule has 0 unspecified atom stereocenters. The Hall–Kier alpha value is -3.85. The molecule has 34 heavy (non-hydrogen) atoms. The molecule has 0 aliphatic heterocycles. The average Bonchev–Trinajstić information content (AvgIpc) is 3.32. The molecular formula is C25H20F3N3O2S. The molecule has 174 valence electrons. The molecule has 0 aliphatic rings. The second-order valence-corrected chi connectivity index (χ2v) is 8.00. The molecule has 1 aromatic heterocycles. The molecule has 1 heterocycles. The number of hydrogen-bond acceptors (Lipinski definition) is 6. The van der Waals surface area contributed by atoms with Crippen LogP contribution in [0.1, 0.15) is 16.7 Å². The molecule has 3 aromatic carbocycles. The van der Waals surface area contributed by atoms with Crippen molar-refractivity contribution in [1.29, 1.82) is 0 Å². The molecule has 0 aliphatic carbocycles. The zero-order valence-electron chi connectivity index (χ0n) is 18.0. The lowest BCUT2D eigenvalue weighted by molar-refractivity contribution is -0.137. The van der Waals surface area contributed by atoms with Gasteiger partial charge in [0, 0.05) is 16.5 Å². The van der Waals surface area contributed by atoms with Gasteiger partial charge in [-0.25, -0.2) is 4.98 Å². The van der Waals surface area contributed by atoms with Crippen LogP contribution in [-0.4, -0.2) is 18.3 Å². The van der Waals surface area contributed by atoms with Crippen LogP contribution < -0.4 is 14.9 Å². The van der Waals surface area contributed by atoms with Gasteiger partial charge in [-0.05, 0) is 29.8 Å². The summed E-state index contributed by atoms with van der Waals surface area (Å²) >= 11 is 1.42. The van der Waals surface area contributed by atoms with Gasteiger partial charge in [-0.1, -0.05) is 48.5 Å². The Labute approximate surface area is 198 Å². The molecule has 0 saturated heterocycles. The fourth-order valence-corrected chi connectivity index (χ4v) is 3.83. The highest BCUT2D eigenvalue weighted by Gasteiger charge is 2.30. The Morgan fingerprint density at radius 1 is 1.03 bits per heavy atom. The number of hydrazone groups is 1. The van der Waals surface area contributed by atoms with Crippen molar-refractivity contribution >= 4 is 22.7 Å². The topological polar surface area (TPSA) is 55.7 Å². The first kappa shape index (κ1) is 23.3. The minimum atomic E-state index is -4.42. The standard InChI is InChI=1S/C25H20F3N3O2S/c1-32-22-12-6-10-19(23(22)33-15-17-7-5-11-20(13-17)25(26,27)28)14-29-31-24-30-21(16-34-24)18-8-3-2-4-9-18/h2-14,16H,15H2,1H3,(H,30,31). The number of thiazole rings is 1. The second-order valence-electron chi connectivity index (χ2n) is 7.14. The van der Waals surface area contributed by atoms with Crippen molar-refractivity contribution in [2.75, 3.05) is 12.5 Å². The van der Waals surface area contributed by atoms with Gasteiger partial charge in [0.1, 0.15) is 6.61 Å². The van der Waals surface area contributed by atoms with E-state index in [4.69, 9.17) is 9.47 Å². The number of hydrogen-bond donors (Lipinski definition) is 1. The number of aromatic nitrogens is 1. The van der Waals surface area contributed by atoms with Crippen LogP contribution in [0.25, 0.3) is 11.3 Å². The van der Waals surface area contributed by atoms with E-state index in [2.05, 4.69) is 15.5 Å². The number of rotatable bonds is 8. The summed E-state index contributed by atoms with van der Waals surface area (Å²) in [5.74, 6) is 0.814. The van der Waals surface area contributed by atoms with E-state index in [-0.39, 0.29) is 6.61 Å². The predicted octanol–water partition coefficient (Wildman–Crippen LogP) is 6.86. The lowest BCUT2D eigenvalue weighted by Crippen LogP contribution is -2.07. The Morgan fingerprint density at radius 3 is 2.59 bits per heavy atom. The maximum absolute atomic E-state index is 13.0. The van der Waals surface area contributed by atoms with E-state index < -0.39 is 11.7 Å². The molecule has 0 atom stereocenters. The van der Waals surface area contributed by atoms with Crippen LogP contribution in [0.5, 0.6) is 11.5 Å². The molecule has 0 bridgehead atoms. The zero-order valence-corrected chi connectivity index (χ0v) is 18.9. The summed E-state index contributed by atoms with van der Waals surface area (Å²) < 4.78 is 50.2. The fraction of sp³-hybridized carbons (Fsp3) is 0.120. The summed E-state index contributed by atoms with van der Waals surface area (Å²) in [6.07, 6.45) is -2.87. The van der Waals surface area contributed by atoms with Gasteiger partial charge >= 0.3 is 6.18 Å². The summed E-state index contributed by atoms with van der Waals surface area (Å²) in [7, 11) is 1.49. The van der Waals surface area contributed by atoms with Crippen molar-refractivity contribution < 1.29 is 22.6 Å². The average molecular weight is 484 g/mol. The van der Waals surface area contributed by atoms with Gasteiger partial charge in [0.25, 0.3) is 0 Å². The molecule has 0 amide bonds. The molecule has 1 N–H and O–H groups in total. The first-order valence-corrected chi connectivity index (χ1v) is 11.1. The third-order valence-electron chi connectivity index (χ3n) is 4.80. The van der Waals surface area contributed by atoms with Crippen molar-refractivity contribution in [2.45, 2.75) is 12.8 Å². The Balaban J connectivity index is 1.48. The molecule has 4 aromatic rings. The van der Waals surface area contributed by atoms with Crippen molar-refractivity contribution in [3.05, 3.63) is 94.9 Å². The summed E-state index contributed by atoms with van der Waals surface area (Å²) in [6, 6.07) is 20.1. The largest absolute Gasteiger partial charge is 0.493 e. The number of halogens is 3. The van der Waals surface area contributed by atoms with E-state index in [1.807, 2.05) is 35.7 Å². The Kier molecular flexibility index (Phi) is 7.12. The lowest BCUT2D eigenvalue weighted by atomic mass is 10.1. The molecule has 0 spiro atoms. The lowest BCUT2D eigenvalue weighted by Gasteiger charge is -2.14. The SMILES string of the molecule is COc1cccc(C=NNc2nc(-c3ccccc3)cs2)c1OCc1cccc(C(F)(F)F)c1. The number of nitrogens with zero attached hydrogens (tertiary/aromatic N) is 2. The third kappa shape index (κ3) is 5.74. The monoisotopic (exact) mass is 483 g/mol. The first-order valence-electron chi connectivity index (χ1n) is 10.2. The number of benzene rings is 3. The van der Waals surface area contributed by atoms with Gasteiger partial charge in [-0.15, -0.1) is 11.3 Å². The first-order chi connectivity index (χ1) is 16.4. The Bertz CT molecular complexity index is 1270. The number of anilines is 1. The molecule has 5 nitrogen and oxygen atoms in total. The summed E-state index contributed by atoms with van der Waals surface area (Å²) in [4.78, 5) is 4.52. The molecule has 0 fully saturated rings. The van der Waals surface area contributed by atoms with Crippen LogP contribution in [0.3, 0.4) is 0 Å². The number of ether oxygens (including phenoxy) is 2. The van der Waals surface area contributed by atoms with E-state index >= 15 is 0 Å². The minimum absolute atomic E-state index is 0.0640. The van der Waals surface area contributed by atoms with Crippen LogP contribution in [-0.2, 0) is 12.8 Å². The van der Waals surface area contributed by atoms with Crippen LogP contribution >= 0.6 is 11.3 Å². The smallest absolute Gasteiger partial charge is 0.416 e. The van der Waals surface area contributed by atoms with E-state index in [0.29, 0.717) is 27.8 Å². The third-order valence-corrected chi connectivity index (χ3v) is 5.55. The highest BCUT2D eigenvalue weighted by Crippen LogP contribution is 2.33. The van der Waals surface area contributed by atoms with E-state index in [1.54, 1.807) is 30.5 Å². The van der Waals surface area contributed by atoms with Crippen molar-refractivity contribution in [3.8, 4) is 22.8 Å². The van der Waals surface area contributed by atoms with E-state index in [1.165, 1.54) is 24.5 Å². The van der Waals surface area contributed by atoms with E-state index in [0.717, 1.165) is 23.4 Å². The summed E-state index contributed by atoms with van der Waals surface area (Å²) in [5, 5.41) is 6.79. The number of nitrogens with one attached hydrogen (secondary N) is 1. The van der Waals surface area contributed by atoms with Gasteiger partial charge in [0.15, 0.2) is 11.5 Å². The van der Waals surface area contributed by atoms with Gasteiger partial charge in [0.05, 0.1) is 24.6 Å². The molecular weight excluding hydrogens is 463 g/mol. The van der Waals surface area contributed by atoms with Crippen molar-refractivity contribution in [2.24, 2.45) is 5.10 Å². The maximum atomic E-state index is 13.0. The van der Waals surface area contributed by atoms with Crippen molar-refractivity contribution in [3.63, 3.8) is 0 Å². The summed E-state index contributed by atoms with van der Waals surface area (Å²) in [5.41, 5.74) is 5.01. The molecule has 0 saturated carbocycles. The normalized spacial score (nSPS) is 11.5. The van der Waals surface area contributed by atoms with Crippen LogP contribution in [0.15, 0.2) is 83.3 Å². The molecule has 0 radical (unpaired) electrons. The molecule has 4 rings (SSSR count).